The maximum atomic E-state index is 13.5. The van der Waals surface area contributed by atoms with E-state index in [1.54, 1.807) is 0 Å². The summed E-state index contributed by atoms with van der Waals surface area (Å²) in [6, 6.07) is 2.60. The van der Waals surface area contributed by atoms with Crippen LogP contribution in [-0.2, 0) is 11.3 Å². The van der Waals surface area contributed by atoms with Crippen LogP contribution in [0.2, 0.25) is 0 Å². The first kappa shape index (κ1) is 12.0. The number of halogens is 3. The third-order valence-corrected chi connectivity index (χ3v) is 3.37. The summed E-state index contributed by atoms with van der Waals surface area (Å²) in [7, 11) is 0. The molecule has 1 fully saturated rings. The molecule has 1 aromatic rings. The lowest BCUT2D eigenvalue weighted by atomic mass is 10.2. The minimum absolute atomic E-state index is 0.00380. The summed E-state index contributed by atoms with van der Waals surface area (Å²) >= 11 is 3.03. The second kappa shape index (κ2) is 5.23. The van der Waals surface area contributed by atoms with Crippen molar-refractivity contribution in [2.24, 2.45) is 5.92 Å². The lowest BCUT2D eigenvalue weighted by Gasteiger charge is -2.07. The van der Waals surface area contributed by atoms with E-state index >= 15 is 0 Å². The fraction of sp³-hybridized carbons (Fsp3) is 0.500. The van der Waals surface area contributed by atoms with E-state index in [0.29, 0.717) is 6.61 Å². The summed E-state index contributed by atoms with van der Waals surface area (Å²) in [5.74, 6) is -0.337. The van der Waals surface area contributed by atoms with E-state index < -0.39 is 11.6 Å². The first-order valence-electron chi connectivity index (χ1n) is 5.38. The number of hydrogen-bond acceptors (Lipinski definition) is 1. The fourth-order valence-corrected chi connectivity index (χ4v) is 1.90. The average Bonchev–Trinajstić information content (AvgIpc) is 3.07. The SMILES string of the molecule is Fc1ccc(Br)c(F)c1COCCC1CC1. The van der Waals surface area contributed by atoms with Crippen LogP contribution in [-0.4, -0.2) is 6.61 Å². The zero-order valence-corrected chi connectivity index (χ0v) is 10.4. The minimum atomic E-state index is -0.563. The normalized spacial score (nSPS) is 15.4. The topological polar surface area (TPSA) is 9.23 Å². The Bertz CT molecular complexity index is 378. The monoisotopic (exact) mass is 290 g/mol. The Labute approximate surface area is 102 Å². The Morgan fingerprint density at radius 1 is 1.31 bits per heavy atom. The molecule has 1 aliphatic carbocycles. The van der Waals surface area contributed by atoms with E-state index in [-0.39, 0.29) is 16.6 Å². The van der Waals surface area contributed by atoms with Crippen LogP contribution in [0.15, 0.2) is 16.6 Å². The molecule has 1 nitrogen and oxygen atoms in total. The molecule has 88 valence electrons. The van der Waals surface area contributed by atoms with Gasteiger partial charge in [-0.3, -0.25) is 0 Å². The summed E-state index contributed by atoms with van der Waals surface area (Å²) in [6.45, 7) is 0.583. The summed E-state index contributed by atoms with van der Waals surface area (Å²) in [5, 5.41) is 0. The standard InChI is InChI=1S/C12H13BrF2O/c13-10-3-4-11(14)9(12(10)15)7-16-6-5-8-1-2-8/h3-4,8H,1-2,5-7H2. The van der Waals surface area contributed by atoms with E-state index in [1.807, 2.05) is 0 Å². The fourth-order valence-electron chi connectivity index (χ4n) is 1.53. The van der Waals surface area contributed by atoms with Crippen molar-refractivity contribution in [3.8, 4) is 0 Å². The molecule has 0 unspecified atom stereocenters. The van der Waals surface area contributed by atoms with Crippen LogP contribution in [0.1, 0.15) is 24.8 Å². The highest BCUT2D eigenvalue weighted by atomic mass is 79.9. The number of hydrogen-bond donors (Lipinski definition) is 0. The average molecular weight is 291 g/mol. The van der Waals surface area contributed by atoms with E-state index in [9.17, 15) is 8.78 Å². The van der Waals surface area contributed by atoms with Crippen molar-refractivity contribution in [2.45, 2.75) is 25.9 Å². The molecule has 0 saturated heterocycles. The van der Waals surface area contributed by atoms with E-state index in [0.717, 1.165) is 12.3 Å². The molecule has 0 spiro atoms. The maximum absolute atomic E-state index is 13.5. The first-order valence-corrected chi connectivity index (χ1v) is 6.18. The van der Waals surface area contributed by atoms with Crippen LogP contribution >= 0.6 is 15.9 Å². The van der Waals surface area contributed by atoms with Crippen molar-refractivity contribution in [1.29, 1.82) is 0 Å². The van der Waals surface area contributed by atoms with Gasteiger partial charge in [-0.15, -0.1) is 0 Å². The quantitative estimate of drug-likeness (QED) is 0.587. The molecule has 0 aliphatic heterocycles. The van der Waals surface area contributed by atoms with Gasteiger partial charge in [0.2, 0.25) is 0 Å². The molecular weight excluding hydrogens is 278 g/mol. The highest BCUT2D eigenvalue weighted by Gasteiger charge is 2.20. The summed E-state index contributed by atoms with van der Waals surface area (Å²) in [4.78, 5) is 0. The highest BCUT2D eigenvalue weighted by molar-refractivity contribution is 9.10. The molecule has 16 heavy (non-hydrogen) atoms. The molecule has 1 aliphatic rings. The number of ether oxygens (including phenoxy) is 1. The van der Waals surface area contributed by atoms with Crippen molar-refractivity contribution in [2.75, 3.05) is 6.61 Å². The van der Waals surface area contributed by atoms with Gasteiger partial charge >= 0.3 is 0 Å². The van der Waals surface area contributed by atoms with Gasteiger partial charge in [0.15, 0.2) is 0 Å². The van der Waals surface area contributed by atoms with Crippen molar-refractivity contribution in [3.05, 3.63) is 33.8 Å². The Kier molecular flexibility index (Phi) is 3.92. The molecule has 2 rings (SSSR count). The molecule has 0 atom stereocenters. The largest absolute Gasteiger partial charge is 0.377 e. The predicted molar refractivity (Wildman–Crippen MR) is 61.1 cm³/mol. The van der Waals surface area contributed by atoms with Crippen molar-refractivity contribution in [3.63, 3.8) is 0 Å². The van der Waals surface area contributed by atoms with Crippen LogP contribution in [0.3, 0.4) is 0 Å². The van der Waals surface area contributed by atoms with Gasteiger partial charge in [0.25, 0.3) is 0 Å². The van der Waals surface area contributed by atoms with E-state index in [1.165, 1.54) is 25.0 Å². The van der Waals surface area contributed by atoms with Gasteiger partial charge in [-0.05, 0) is 40.4 Å². The van der Waals surface area contributed by atoms with Crippen molar-refractivity contribution < 1.29 is 13.5 Å². The summed E-state index contributed by atoms with van der Waals surface area (Å²) in [6.07, 6.45) is 3.53. The molecule has 0 aromatic heterocycles. The Hall–Kier alpha value is -0.480. The predicted octanol–water partition coefficient (Wildman–Crippen LogP) is 4.04. The lowest BCUT2D eigenvalue weighted by Crippen LogP contribution is -2.02. The Balaban J connectivity index is 1.89. The second-order valence-electron chi connectivity index (χ2n) is 4.11. The lowest BCUT2D eigenvalue weighted by molar-refractivity contribution is 0.110. The van der Waals surface area contributed by atoms with Gasteiger partial charge < -0.3 is 4.74 Å². The minimum Gasteiger partial charge on any atom is -0.377 e. The van der Waals surface area contributed by atoms with Gasteiger partial charge in [0, 0.05) is 6.61 Å². The molecule has 4 heteroatoms. The molecule has 1 saturated carbocycles. The second-order valence-corrected chi connectivity index (χ2v) is 4.96. The summed E-state index contributed by atoms with van der Waals surface area (Å²) < 4.78 is 32.3. The van der Waals surface area contributed by atoms with E-state index in [4.69, 9.17) is 4.74 Å². The van der Waals surface area contributed by atoms with Gasteiger partial charge in [0.1, 0.15) is 11.6 Å². The van der Waals surface area contributed by atoms with Crippen LogP contribution in [0.4, 0.5) is 8.78 Å². The van der Waals surface area contributed by atoms with Gasteiger partial charge in [0.05, 0.1) is 16.6 Å². The van der Waals surface area contributed by atoms with Crippen LogP contribution in [0.25, 0.3) is 0 Å². The third-order valence-electron chi connectivity index (χ3n) is 2.75. The van der Waals surface area contributed by atoms with E-state index in [2.05, 4.69) is 15.9 Å². The van der Waals surface area contributed by atoms with Crippen molar-refractivity contribution >= 4 is 15.9 Å². The zero-order chi connectivity index (χ0) is 11.5. The highest BCUT2D eigenvalue weighted by Crippen LogP contribution is 2.32. The molecule has 0 heterocycles. The maximum Gasteiger partial charge on any atom is 0.145 e. The Morgan fingerprint density at radius 3 is 2.75 bits per heavy atom. The Morgan fingerprint density at radius 2 is 2.06 bits per heavy atom. The molecular formula is C12H13BrF2O. The zero-order valence-electron chi connectivity index (χ0n) is 8.81. The number of benzene rings is 1. The van der Waals surface area contributed by atoms with Crippen molar-refractivity contribution in [1.82, 2.24) is 0 Å². The summed E-state index contributed by atoms with van der Waals surface area (Å²) in [5.41, 5.74) is 0.00479. The molecule has 0 N–H and O–H groups in total. The molecule has 0 bridgehead atoms. The third kappa shape index (κ3) is 3.01. The van der Waals surface area contributed by atoms with Gasteiger partial charge in [-0.25, -0.2) is 8.78 Å². The van der Waals surface area contributed by atoms with Gasteiger partial charge in [-0.1, -0.05) is 12.8 Å². The van der Waals surface area contributed by atoms with Crippen LogP contribution < -0.4 is 0 Å². The molecule has 1 aromatic carbocycles. The van der Waals surface area contributed by atoms with Gasteiger partial charge in [-0.2, -0.15) is 0 Å². The molecule has 0 radical (unpaired) electrons. The first-order chi connectivity index (χ1) is 7.68. The number of rotatable bonds is 5. The van der Waals surface area contributed by atoms with Crippen LogP contribution in [0.5, 0.6) is 0 Å². The smallest absolute Gasteiger partial charge is 0.145 e. The molecule has 0 amide bonds. The van der Waals surface area contributed by atoms with Crippen LogP contribution in [0, 0.1) is 17.6 Å².